The zero-order valence-electron chi connectivity index (χ0n) is 11.2. The highest BCUT2D eigenvalue weighted by atomic mass is 15.1. The summed E-state index contributed by atoms with van der Waals surface area (Å²) in [6, 6.07) is 0. The molecule has 1 aromatic rings. The van der Waals surface area contributed by atoms with Crippen LogP contribution in [0.5, 0.6) is 0 Å². The predicted molar refractivity (Wildman–Crippen MR) is 71.6 cm³/mol. The molecule has 0 radical (unpaired) electrons. The zero-order valence-corrected chi connectivity index (χ0v) is 11.2. The molecule has 1 saturated carbocycles. The van der Waals surface area contributed by atoms with Gasteiger partial charge < -0.3 is 10.6 Å². The van der Waals surface area contributed by atoms with Gasteiger partial charge in [0.2, 0.25) is 0 Å². The van der Waals surface area contributed by atoms with Crippen molar-refractivity contribution in [2.75, 3.05) is 24.2 Å². The maximum absolute atomic E-state index is 4.65. The molecule has 1 heterocycles. The van der Waals surface area contributed by atoms with Crippen LogP contribution in [0.15, 0.2) is 0 Å². The van der Waals surface area contributed by atoms with Crippen LogP contribution in [-0.2, 0) is 0 Å². The molecule has 0 spiro atoms. The molecular formula is C13H22N4. The second-order valence-electron chi connectivity index (χ2n) is 5.20. The van der Waals surface area contributed by atoms with Gasteiger partial charge in [0, 0.05) is 25.1 Å². The van der Waals surface area contributed by atoms with Gasteiger partial charge in [0.15, 0.2) is 0 Å². The van der Waals surface area contributed by atoms with Gasteiger partial charge in [-0.3, -0.25) is 0 Å². The van der Waals surface area contributed by atoms with Gasteiger partial charge in [0.25, 0.3) is 0 Å². The zero-order chi connectivity index (χ0) is 12.4. The number of hydrogen-bond donors (Lipinski definition) is 2. The van der Waals surface area contributed by atoms with Crippen molar-refractivity contribution in [3.63, 3.8) is 0 Å². The van der Waals surface area contributed by atoms with Crippen LogP contribution in [-0.4, -0.2) is 23.6 Å². The summed E-state index contributed by atoms with van der Waals surface area (Å²) in [6.45, 7) is 7.41. The standard InChI is InChI=1S/C13H22N4/c1-8(2)7-15-12-9(3)11(14-4)16-13(17-12)10-5-6-10/h8,10H,5-7H2,1-4H3,(H2,14,15,16,17). The van der Waals surface area contributed by atoms with Crippen molar-refractivity contribution in [2.24, 2.45) is 5.92 Å². The lowest BCUT2D eigenvalue weighted by atomic mass is 10.2. The molecule has 0 aliphatic heterocycles. The Balaban J connectivity index is 2.24. The predicted octanol–water partition coefficient (Wildman–Crippen LogP) is 2.77. The summed E-state index contributed by atoms with van der Waals surface area (Å²) < 4.78 is 0. The van der Waals surface area contributed by atoms with Crippen LogP contribution >= 0.6 is 0 Å². The summed E-state index contributed by atoms with van der Waals surface area (Å²) in [5.74, 6) is 4.13. The van der Waals surface area contributed by atoms with E-state index in [-0.39, 0.29) is 0 Å². The Labute approximate surface area is 103 Å². The molecule has 0 bridgehead atoms. The minimum Gasteiger partial charge on any atom is -0.373 e. The van der Waals surface area contributed by atoms with E-state index in [4.69, 9.17) is 0 Å². The molecule has 17 heavy (non-hydrogen) atoms. The van der Waals surface area contributed by atoms with Crippen molar-refractivity contribution in [3.8, 4) is 0 Å². The first kappa shape index (κ1) is 12.1. The van der Waals surface area contributed by atoms with E-state index in [1.165, 1.54) is 12.8 Å². The van der Waals surface area contributed by atoms with Gasteiger partial charge >= 0.3 is 0 Å². The molecule has 0 amide bonds. The Hall–Kier alpha value is -1.32. The van der Waals surface area contributed by atoms with Crippen LogP contribution in [0.25, 0.3) is 0 Å². The summed E-state index contributed by atoms with van der Waals surface area (Å²) in [4.78, 5) is 9.23. The molecule has 0 unspecified atom stereocenters. The molecule has 0 atom stereocenters. The smallest absolute Gasteiger partial charge is 0.136 e. The number of anilines is 2. The van der Waals surface area contributed by atoms with Crippen LogP contribution in [0.3, 0.4) is 0 Å². The summed E-state index contributed by atoms with van der Waals surface area (Å²) in [5.41, 5.74) is 1.11. The quantitative estimate of drug-likeness (QED) is 0.822. The normalized spacial score (nSPS) is 15.1. The number of aromatic nitrogens is 2. The number of rotatable bonds is 5. The van der Waals surface area contributed by atoms with E-state index in [0.29, 0.717) is 11.8 Å². The Kier molecular flexibility index (Phi) is 3.50. The Bertz CT molecular complexity index is 397. The molecule has 94 valence electrons. The first-order chi connectivity index (χ1) is 8.11. The number of nitrogens with zero attached hydrogens (tertiary/aromatic N) is 2. The average molecular weight is 234 g/mol. The third kappa shape index (κ3) is 2.87. The molecule has 1 fully saturated rings. The Morgan fingerprint density at radius 3 is 2.41 bits per heavy atom. The van der Waals surface area contributed by atoms with E-state index in [1.54, 1.807) is 0 Å². The molecule has 2 rings (SSSR count). The van der Waals surface area contributed by atoms with Gasteiger partial charge in [0.05, 0.1) is 0 Å². The lowest BCUT2D eigenvalue weighted by molar-refractivity contribution is 0.685. The van der Waals surface area contributed by atoms with Crippen LogP contribution in [0.2, 0.25) is 0 Å². The van der Waals surface area contributed by atoms with E-state index in [0.717, 1.165) is 29.6 Å². The molecule has 2 N–H and O–H groups in total. The SMILES string of the molecule is CNc1nc(C2CC2)nc(NCC(C)C)c1C. The fourth-order valence-electron chi connectivity index (χ4n) is 1.77. The monoisotopic (exact) mass is 234 g/mol. The second kappa shape index (κ2) is 4.90. The number of nitrogens with one attached hydrogen (secondary N) is 2. The molecular weight excluding hydrogens is 212 g/mol. The van der Waals surface area contributed by atoms with E-state index >= 15 is 0 Å². The van der Waals surface area contributed by atoms with E-state index in [2.05, 4.69) is 41.4 Å². The first-order valence-corrected chi connectivity index (χ1v) is 6.42. The van der Waals surface area contributed by atoms with Crippen LogP contribution in [0, 0.1) is 12.8 Å². The molecule has 0 aromatic carbocycles. The minimum absolute atomic E-state index is 0.585. The van der Waals surface area contributed by atoms with Crippen molar-refractivity contribution in [2.45, 2.75) is 39.5 Å². The second-order valence-corrected chi connectivity index (χ2v) is 5.20. The lowest BCUT2D eigenvalue weighted by Gasteiger charge is -2.14. The minimum atomic E-state index is 0.585. The molecule has 0 saturated heterocycles. The van der Waals surface area contributed by atoms with Gasteiger partial charge in [-0.15, -0.1) is 0 Å². The maximum atomic E-state index is 4.65. The van der Waals surface area contributed by atoms with Crippen molar-refractivity contribution in [3.05, 3.63) is 11.4 Å². The van der Waals surface area contributed by atoms with E-state index < -0.39 is 0 Å². The fraction of sp³-hybridized carbons (Fsp3) is 0.692. The summed E-state index contributed by atoms with van der Waals surface area (Å²) in [7, 11) is 1.91. The molecule has 1 aliphatic carbocycles. The number of hydrogen-bond acceptors (Lipinski definition) is 4. The highest BCUT2D eigenvalue weighted by Crippen LogP contribution is 2.39. The molecule has 4 heteroatoms. The average Bonchev–Trinajstić information content (AvgIpc) is 3.11. The third-order valence-corrected chi connectivity index (χ3v) is 3.02. The Morgan fingerprint density at radius 1 is 1.24 bits per heavy atom. The summed E-state index contributed by atoms with van der Waals surface area (Å²) >= 11 is 0. The summed E-state index contributed by atoms with van der Waals surface area (Å²) in [5, 5.41) is 6.57. The van der Waals surface area contributed by atoms with Crippen molar-refractivity contribution >= 4 is 11.6 Å². The van der Waals surface area contributed by atoms with Gasteiger partial charge in [0.1, 0.15) is 17.5 Å². The van der Waals surface area contributed by atoms with Crippen LogP contribution in [0.1, 0.15) is 44.0 Å². The summed E-state index contributed by atoms with van der Waals surface area (Å²) in [6.07, 6.45) is 2.46. The molecule has 4 nitrogen and oxygen atoms in total. The largest absolute Gasteiger partial charge is 0.373 e. The van der Waals surface area contributed by atoms with Gasteiger partial charge in [-0.2, -0.15) is 0 Å². The molecule has 1 aromatic heterocycles. The topological polar surface area (TPSA) is 49.8 Å². The van der Waals surface area contributed by atoms with Crippen molar-refractivity contribution < 1.29 is 0 Å². The van der Waals surface area contributed by atoms with E-state index in [1.807, 2.05) is 7.05 Å². The lowest BCUT2D eigenvalue weighted by Crippen LogP contribution is -2.13. The highest BCUT2D eigenvalue weighted by Gasteiger charge is 2.28. The fourth-order valence-corrected chi connectivity index (χ4v) is 1.77. The van der Waals surface area contributed by atoms with Gasteiger partial charge in [-0.25, -0.2) is 9.97 Å². The highest BCUT2D eigenvalue weighted by molar-refractivity contribution is 5.57. The van der Waals surface area contributed by atoms with Gasteiger partial charge in [-0.1, -0.05) is 13.8 Å². The first-order valence-electron chi connectivity index (χ1n) is 6.42. The third-order valence-electron chi connectivity index (χ3n) is 3.02. The van der Waals surface area contributed by atoms with Crippen LogP contribution in [0.4, 0.5) is 11.6 Å². The molecule has 1 aliphatic rings. The van der Waals surface area contributed by atoms with Crippen molar-refractivity contribution in [1.29, 1.82) is 0 Å². The van der Waals surface area contributed by atoms with E-state index in [9.17, 15) is 0 Å². The van der Waals surface area contributed by atoms with Gasteiger partial charge in [-0.05, 0) is 25.7 Å². The Morgan fingerprint density at radius 2 is 1.88 bits per heavy atom. The van der Waals surface area contributed by atoms with Crippen molar-refractivity contribution in [1.82, 2.24) is 9.97 Å². The van der Waals surface area contributed by atoms with Crippen LogP contribution < -0.4 is 10.6 Å². The maximum Gasteiger partial charge on any atom is 0.136 e.